The standard InChI is InChI=1S/C22H25N3O/c26-22(25-15-16-7-8-19(25)14-16)20-6-3-11-23-21(20)24-12-9-17-4-1-2-5-18(17)10-13-24/h1-6,11,16,19H,7-10,12-15H2/t16-,19+/m0/s1. The molecule has 0 spiro atoms. The number of piperidine rings is 1. The van der Waals surface area contributed by atoms with Crippen molar-refractivity contribution in [1.82, 2.24) is 9.88 Å². The summed E-state index contributed by atoms with van der Waals surface area (Å²) in [5.74, 6) is 1.77. The first-order valence-electron chi connectivity index (χ1n) is 9.87. The predicted molar refractivity (Wildman–Crippen MR) is 102 cm³/mol. The van der Waals surface area contributed by atoms with Gasteiger partial charge < -0.3 is 9.80 Å². The Morgan fingerprint density at radius 1 is 1.00 bits per heavy atom. The van der Waals surface area contributed by atoms with Crippen molar-refractivity contribution in [3.63, 3.8) is 0 Å². The second-order valence-electron chi connectivity index (χ2n) is 7.92. The molecule has 3 aliphatic rings. The summed E-state index contributed by atoms with van der Waals surface area (Å²) in [6, 6.07) is 13.0. The predicted octanol–water partition coefficient (Wildman–Crippen LogP) is 3.31. The Morgan fingerprint density at radius 2 is 1.77 bits per heavy atom. The van der Waals surface area contributed by atoms with Gasteiger partial charge in [0.15, 0.2) is 0 Å². The fourth-order valence-electron chi connectivity index (χ4n) is 5.02. The maximum Gasteiger partial charge on any atom is 0.257 e. The van der Waals surface area contributed by atoms with Crippen molar-refractivity contribution < 1.29 is 4.79 Å². The summed E-state index contributed by atoms with van der Waals surface area (Å²) in [6.07, 6.45) is 7.49. The Kier molecular flexibility index (Phi) is 3.92. The minimum atomic E-state index is 0.182. The Bertz CT molecular complexity index is 807. The van der Waals surface area contributed by atoms with Gasteiger partial charge in [0.05, 0.1) is 5.56 Å². The van der Waals surface area contributed by atoms with E-state index in [0.717, 1.165) is 49.8 Å². The Labute approximate surface area is 154 Å². The molecular formula is C22H25N3O. The normalized spacial score (nSPS) is 24.5. The number of rotatable bonds is 2. The van der Waals surface area contributed by atoms with Crippen molar-refractivity contribution in [2.24, 2.45) is 5.92 Å². The smallest absolute Gasteiger partial charge is 0.257 e. The highest BCUT2D eigenvalue weighted by atomic mass is 16.2. The number of carbonyl (C=O) groups is 1. The second kappa shape index (κ2) is 6.42. The van der Waals surface area contributed by atoms with Crippen LogP contribution in [0.3, 0.4) is 0 Å². The van der Waals surface area contributed by atoms with Crippen LogP contribution in [0, 0.1) is 5.92 Å². The van der Waals surface area contributed by atoms with E-state index in [4.69, 9.17) is 0 Å². The highest BCUT2D eigenvalue weighted by Crippen LogP contribution is 2.38. The minimum Gasteiger partial charge on any atom is -0.355 e. The van der Waals surface area contributed by atoms with E-state index >= 15 is 0 Å². The zero-order chi connectivity index (χ0) is 17.5. The number of likely N-dealkylation sites (tertiary alicyclic amines) is 1. The van der Waals surface area contributed by atoms with Crippen molar-refractivity contribution >= 4 is 11.7 Å². The molecule has 4 nitrogen and oxygen atoms in total. The summed E-state index contributed by atoms with van der Waals surface area (Å²) in [5, 5.41) is 0. The fourth-order valence-corrected chi connectivity index (χ4v) is 5.02. The van der Waals surface area contributed by atoms with Gasteiger partial charge in [-0.15, -0.1) is 0 Å². The Balaban J connectivity index is 1.41. The summed E-state index contributed by atoms with van der Waals surface area (Å²) in [4.78, 5) is 22.3. The van der Waals surface area contributed by atoms with Crippen LogP contribution in [0.1, 0.15) is 40.7 Å². The van der Waals surface area contributed by atoms with Gasteiger partial charge in [0.25, 0.3) is 5.91 Å². The van der Waals surface area contributed by atoms with Crippen LogP contribution in [-0.2, 0) is 12.8 Å². The van der Waals surface area contributed by atoms with Gasteiger partial charge in [0, 0.05) is 31.9 Å². The molecule has 3 heterocycles. The van der Waals surface area contributed by atoms with Crippen LogP contribution in [0.4, 0.5) is 5.82 Å². The lowest BCUT2D eigenvalue weighted by molar-refractivity contribution is 0.0704. The summed E-state index contributed by atoms with van der Waals surface area (Å²) >= 11 is 0. The summed E-state index contributed by atoms with van der Waals surface area (Å²) in [5.41, 5.74) is 3.64. The molecule has 0 radical (unpaired) electrons. The van der Waals surface area contributed by atoms with Crippen molar-refractivity contribution in [3.8, 4) is 0 Å². The molecule has 1 aliphatic carbocycles. The molecule has 26 heavy (non-hydrogen) atoms. The molecule has 5 rings (SSSR count). The van der Waals surface area contributed by atoms with Crippen molar-refractivity contribution in [1.29, 1.82) is 0 Å². The van der Waals surface area contributed by atoms with E-state index in [1.807, 2.05) is 18.3 Å². The lowest BCUT2D eigenvalue weighted by Crippen LogP contribution is -2.39. The molecule has 2 atom stereocenters. The number of hydrogen-bond donors (Lipinski definition) is 0. The van der Waals surface area contributed by atoms with Crippen LogP contribution < -0.4 is 4.90 Å². The first-order valence-corrected chi connectivity index (χ1v) is 9.87. The first-order chi connectivity index (χ1) is 12.8. The number of fused-ring (bicyclic) bond motifs is 3. The van der Waals surface area contributed by atoms with Gasteiger partial charge in [0.1, 0.15) is 5.82 Å². The van der Waals surface area contributed by atoms with E-state index in [9.17, 15) is 4.79 Å². The molecule has 2 bridgehead atoms. The molecule has 1 amide bonds. The van der Waals surface area contributed by atoms with Gasteiger partial charge in [-0.05, 0) is 61.3 Å². The molecule has 4 heteroatoms. The number of carbonyl (C=O) groups excluding carboxylic acids is 1. The topological polar surface area (TPSA) is 36.4 Å². The zero-order valence-corrected chi connectivity index (χ0v) is 15.1. The second-order valence-corrected chi connectivity index (χ2v) is 7.92. The van der Waals surface area contributed by atoms with E-state index in [-0.39, 0.29) is 5.91 Å². The average Bonchev–Trinajstić information content (AvgIpc) is 3.25. The first kappa shape index (κ1) is 15.9. The summed E-state index contributed by atoms with van der Waals surface area (Å²) in [6.45, 7) is 2.77. The number of amides is 1. The van der Waals surface area contributed by atoms with Crippen LogP contribution in [0.2, 0.25) is 0 Å². The molecule has 134 valence electrons. The zero-order valence-electron chi connectivity index (χ0n) is 15.1. The highest BCUT2D eigenvalue weighted by molar-refractivity contribution is 5.99. The number of benzene rings is 1. The molecular weight excluding hydrogens is 322 g/mol. The maximum absolute atomic E-state index is 13.3. The molecule has 1 aromatic carbocycles. The van der Waals surface area contributed by atoms with E-state index in [1.54, 1.807) is 0 Å². The monoisotopic (exact) mass is 347 g/mol. The highest BCUT2D eigenvalue weighted by Gasteiger charge is 2.41. The number of anilines is 1. The van der Waals surface area contributed by atoms with Crippen molar-refractivity contribution in [2.45, 2.75) is 38.1 Å². The van der Waals surface area contributed by atoms with Crippen molar-refractivity contribution in [3.05, 3.63) is 59.3 Å². The van der Waals surface area contributed by atoms with Gasteiger partial charge >= 0.3 is 0 Å². The van der Waals surface area contributed by atoms with Crippen LogP contribution in [-0.4, -0.2) is 41.5 Å². The van der Waals surface area contributed by atoms with Crippen LogP contribution >= 0.6 is 0 Å². The lowest BCUT2D eigenvalue weighted by atomic mass is 10.0. The van der Waals surface area contributed by atoms with E-state index in [1.165, 1.54) is 30.4 Å². The molecule has 0 unspecified atom stereocenters. The van der Waals surface area contributed by atoms with Gasteiger partial charge in [-0.1, -0.05) is 24.3 Å². The Morgan fingerprint density at radius 3 is 2.42 bits per heavy atom. The molecule has 2 aliphatic heterocycles. The third kappa shape index (κ3) is 2.68. The summed E-state index contributed by atoms with van der Waals surface area (Å²) < 4.78 is 0. The van der Waals surface area contributed by atoms with Crippen LogP contribution in [0.5, 0.6) is 0 Å². The molecule has 2 fully saturated rings. The third-order valence-electron chi connectivity index (χ3n) is 6.41. The van der Waals surface area contributed by atoms with Crippen LogP contribution in [0.25, 0.3) is 0 Å². The maximum atomic E-state index is 13.3. The number of hydrogen-bond acceptors (Lipinski definition) is 3. The van der Waals surface area contributed by atoms with Gasteiger partial charge in [-0.2, -0.15) is 0 Å². The largest absolute Gasteiger partial charge is 0.355 e. The van der Waals surface area contributed by atoms with Gasteiger partial charge in [-0.3, -0.25) is 4.79 Å². The quantitative estimate of drug-likeness (QED) is 0.836. The van der Waals surface area contributed by atoms with E-state index < -0.39 is 0 Å². The van der Waals surface area contributed by atoms with Gasteiger partial charge in [0.2, 0.25) is 0 Å². The SMILES string of the molecule is O=C(c1cccnc1N1CCc2ccccc2CC1)N1C[C@H]2CC[C@@H]1C2. The number of pyridine rings is 1. The number of nitrogens with zero attached hydrogens (tertiary/aromatic N) is 3. The average molecular weight is 347 g/mol. The van der Waals surface area contributed by atoms with Gasteiger partial charge in [-0.25, -0.2) is 4.98 Å². The summed E-state index contributed by atoms with van der Waals surface area (Å²) in [7, 11) is 0. The lowest BCUT2D eigenvalue weighted by Gasteiger charge is -2.29. The van der Waals surface area contributed by atoms with E-state index in [2.05, 4.69) is 39.0 Å². The Hall–Kier alpha value is -2.36. The molecule has 1 saturated heterocycles. The molecule has 1 aromatic heterocycles. The number of aromatic nitrogens is 1. The van der Waals surface area contributed by atoms with E-state index in [0.29, 0.717) is 6.04 Å². The fraction of sp³-hybridized carbons (Fsp3) is 0.455. The molecule has 1 saturated carbocycles. The minimum absolute atomic E-state index is 0.182. The van der Waals surface area contributed by atoms with Crippen LogP contribution in [0.15, 0.2) is 42.6 Å². The third-order valence-corrected chi connectivity index (χ3v) is 6.41. The molecule has 2 aromatic rings. The van der Waals surface area contributed by atoms with Crippen molar-refractivity contribution in [2.75, 3.05) is 24.5 Å². The molecule has 0 N–H and O–H groups in total.